The number of nitrogens with zero attached hydrogens (tertiary/aromatic N) is 1. The molecule has 164 valence electrons. The smallest absolute Gasteiger partial charge is 0.387 e. The Morgan fingerprint density at radius 1 is 1.13 bits per heavy atom. The van der Waals surface area contributed by atoms with Gasteiger partial charge >= 0.3 is 6.61 Å². The van der Waals surface area contributed by atoms with Crippen LogP contribution < -0.4 is 9.47 Å². The summed E-state index contributed by atoms with van der Waals surface area (Å²) in [5.41, 5.74) is 0.999. The van der Waals surface area contributed by atoms with Gasteiger partial charge in [0.05, 0.1) is 7.11 Å². The Morgan fingerprint density at radius 2 is 1.81 bits per heavy atom. The molecule has 1 saturated heterocycles. The zero-order chi connectivity index (χ0) is 22.4. The number of piperidine rings is 1. The van der Waals surface area contributed by atoms with Gasteiger partial charge in [0.1, 0.15) is 11.5 Å². The number of amides is 1. The molecule has 0 atom stereocenters. The monoisotopic (exact) mass is 493 g/mol. The molecular formula is C23H22BrF2NO4. The van der Waals surface area contributed by atoms with Gasteiger partial charge in [-0.05, 0) is 61.4 Å². The number of ether oxygens (including phenoxy) is 2. The lowest BCUT2D eigenvalue weighted by atomic mass is 9.89. The second kappa shape index (κ2) is 10.5. The fraction of sp³-hybridized carbons (Fsp3) is 0.304. The maximum absolute atomic E-state index is 12.7. The van der Waals surface area contributed by atoms with Crippen LogP contribution in [0.2, 0.25) is 0 Å². The molecule has 2 aromatic carbocycles. The molecule has 1 aliphatic heterocycles. The highest BCUT2D eigenvalue weighted by molar-refractivity contribution is 9.10. The van der Waals surface area contributed by atoms with Gasteiger partial charge in [-0.2, -0.15) is 8.78 Å². The average Bonchev–Trinajstić information content (AvgIpc) is 2.78. The lowest BCUT2D eigenvalue weighted by molar-refractivity contribution is -0.127. The van der Waals surface area contributed by atoms with Crippen molar-refractivity contribution in [2.75, 3.05) is 20.2 Å². The normalized spacial score (nSPS) is 14.8. The van der Waals surface area contributed by atoms with Gasteiger partial charge in [0.15, 0.2) is 5.78 Å². The minimum atomic E-state index is -2.95. The molecule has 31 heavy (non-hydrogen) atoms. The Bertz CT molecular complexity index is 955. The van der Waals surface area contributed by atoms with E-state index in [1.54, 1.807) is 48.4 Å². The summed E-state index contributed by atoms with van der Waals surface area (Å²) in [7, 11) is 1.57. The third kappa shape index (κ3) is 6.13. The van der Waals surface area contributed by atoms with E-state index in [1.165, 1.54) is 18.2 Å². The number of hydrogen-bond acceptors (Lipinski definition) is 4. The SMILES string of the molecule is COc1ccc(C(=O)C2CCN(C(=O)/C=C/c3cc(Br)ccc3OC(F)F)CC2)cc1. The fourth-order valence-corrected chi connectivity index (χ4v) is 3.85. The highest BCUT2D eigenvalue weighted by Crippen LogP contribution is 2.27. The third-order valence-electron chi connectivity index (χ3n) is 5.15. The molecule has 1 amide bonds. The number of benzene rings is 2. The van der Waals surface area contributed by atoms with Crippen LogP contribution in [0.3, 0.4) is 0 Å². The summed E-state index contributed by atoms with van der Waals surface area (Å²) in [4.78, 5) is 26.9. The minimum Gasteiger partial charge on any atom is -0.497 e. The Labute approximate surface area is 187 Å². The first-order chi connectivity index (χ1) is 14.9. The van der Waals surface area contributed by atoms with Crippen molar-refractivity contribution in [1.29, 1.82) is 0 Å². The lowest BCUT2D eigenvalue weighted by Crippen LogP contribution is -2.39. The van der Waals surface area contributed by atoms with Gasteiger partial charge in [0, 0.05) is 40.7 Å². The second-order valence-corrected chi connectivity index (χ2v) is 8.00. The number of carbonyl (C=O) groups excluding carboxylic acids is 2. The molecule has 0 unspecified atom stereocenters. The highest BCUT2D eigenvalue weighted by atomic mass is 79.9. The number of Topliss-reactive ketones (excluding diaryl/α,β-unsaturated/α-hetero) is 1. The van der Waals surface area contributed by atoms with E-state index < -0.39 is 6.61 Å². The molecule has 1 aliphatic rings. The van der Waals surface area contributed by atoms with Crippen molar-refractivity contribution in [3.63, 3.8) is 0 Å². The predicted molar refractivity (Wildman–Crippen MR) is 116 cm³/mol. The fourth-order valence-electron chi connectivity index (χ4n) is 3.47. The zero-order valence-corrected chi connectivity index (χ0v) is 18.5. The van der Waals surface area contributed by atoms with E-state index in [0.717, 1.165) is 0 Å². The highest BCUT2D eigenvalue weighted by Gasteiger charge is 2.27. The van der Waals surface area contributed by atoms with Crippen molar-refractivity contribution < 1.29 is 27.8 Å². The number of halogens is 3. The first-order valence-electron chi connectivity index (χ1n) is 9.77. The molecule has 5 nitrogen and oxygen atoms in total. The van der Waals surface area contributed by atoms with Crippen LogP contribution in [0.1, 0.15) is 28.8 Å². The van der Waals surface area contributed by atoms with Gasteiger partial charge in [-0.25, -0.2) is 0 Å². The summed E-state index contributed by atoms with van der Waals surface area (Å²) in [6.45, 7) is -2.05. The molecular weight excluding hydrogens is 472 g/mol. The van der Waals surface area contributed by atoms with Crippen LogP contribution in [-0.4, -0.2) is 43.4 Å². The molecule has 0 saturated carbocycles. The number of methoxy groups -OCH3 is 1. The maximum Gasteiger partial charge on any atom is 0.387 e. The van der Waals surface area contributed by atoms with Crippen molar-refractivity contribution in [1.82, 2.24) is 4.90 Å². The van der Waals surface area contributed by atoms with E-state index >= 15 is 0 Å². The molecule has 0 aromatic heterocycles. The van der Waals surface area contributed by atoms with Crippen LogP contribution >= 0.6 is 15.9 Å². The molecule has 3 rings (SSSR count). The summed E-state index contributed by atoms with van der Waals surface area (Å²) >= 11 is 3.28. The molecule has 2 aromatic rings. The number of hydrogen-bond donors (Lipinski definition) is 0. The van der Waals surface area contributed by atoms with E-state index in [1.807, 2.05) is 0 Å². The average molecular weight is 494 g/mol. The van der Waals surface area contributed by atoms with Crippen LogP contribution in [-0.2, 0) is 4.79 Å². The quantitative estimate of drug-likeness (QED) is 0.393. The van der Waals surface area contributed by atoms with E-state index in [2.05, 4.69) is 20.7 Å². The summed E-state index contributed by atoms with van der Waals surface area (Å²) < 4.78 is 35.5. The van der Waals surface area contributed by atoms with Crippen molar-refractivity contribution in [2.24, 2.45) is 5.92 Å². The van der Waals surface area contributed by atoms with Gasteiger partial charge in [0.25, 0.3) is 0 Å². The number of likely N-dealkylation sites (tertiary alicyclic amines) is 1. The zero-order valence-electron chi connectivity index (χ0n) is 16.9. The third-order valence-corrected chi connectivity index (χ3v) is 5.64. The van der Waals surface area contributed by atoms with Gasteiger partial charge in [0.2, 0.25) is 5.91 Å². The van der Waals surface area contributed by atoms with E-state index in [4.69, 9.17) is 4.74 Å². The van der Waals surface area contributed by atoms with Gasteiger partial charge in [-0.1, -0.05) is 15.9 Å². The molecule has 0 bridgehead atoms. The van der Waals surface area contributed by atoms with Crippen LogP contribution in [0, 0.1) is 5.92 Å². The summed E-state index contributed by atoms with van der Waals surface area (Å²) in [6, 6.07) is 11.6. The Morgan fingerprint density at radius 3 is 2.42 bits per heavy atom. The van der Waals surface area contributed by atoms with Crippen molar-refractivity contribution in [3.8, 4) is 11.5 Å². The van der Waals surface area contributed by atoms with Crippen LogP contribution in [0.4, 0.5) is 8.78 Å². The lowest BCUT2D eigenvalue weighted by Gasteiger charge is -2.30. The first-order valence-corrected chi connectivity index (χ1v) is 10.6. The molecule has 1 heterocycles. The van der Waals surface area contributed by atoms with E-state index in [-0.39, 0.29) is 23.4 Å². The Hall–Kier alpha value is -2.74. The number of alkyl halides is 2. The first kappa shape index (κ1) is 22.9. The topological polar surface area (TPSA) is 55.8 Å². The molecule has 0 aliphatic carbocycles. The van der Waals surface area contributed by atoms with Crippen molar-refractivity contribution in [2.45, 2.75) is 19.5 Å². The largest absolute Gasteiger partial charge is 0.497 e. The van der Waals surface area contributed by atoms with Crippen LogP contribution in [0.15, 0.2) is 53.0 Å². The van der Waals surface area contributed by atoms with Gasteiger partial charge < -0.3 is 14.4 Å². The van der Waals surface area contributed by atoms with Crippen LogP contribution in [0.5, 0.6) is 11.5 Å². The summed E-state index contributed by atoms with van der Waals surface area (Å²) in [6.07, 6.45) is 3.94. The predicted octanol–water partition coefficient (Wildman–Crippen LogP) is 5.19. The molecule has 0 N–H and O–H groups in total. The molecule has 1 fully saturated rings. The van der Waals surface area contributed by atoms with Crippen molar-refractivity contribution >= 4 is 33.7 Å². The number of carbonyl (C=O) groups is 2. The van der Waals surface area contributed by atoms with Crippen LogP contribution in [0.25, 0.3) is 6.08 Å². The maximum atomic E-state index is 12.7. The standard InChI is InChI=1S/C23H22BrF2NO4/c1-30-19-6-2-15(3-7-19)22(29)16-10-12-27(13-11-16)21(28)9-4-17-14-18(24)5-8-20(17)31-23(25)26/h2-9,14,16,23H,10-13H2,1H3/b9-4+. The molecule has 8 heteroatoms. The van der Waals surface area contributed by atoms with Gasteiger partial charge in [-0.15, -0.1) is 0 Å². The second-order valence-electron chi connectivity index (χ2n) is 7.09. The molecule has 0 spiro atoms. The van der Waals surface area contributed by atoms with E-state index in [0.29, 0.717) is 47.3 Å². The summed E-state index contributed by atoms with van der Waals surface area (Å²) in [5, 5.41) is 0. The van der Waals surface area contributed by atoms with Gasteiger partial charge in [-0.3, -0.25) is 9.59 Å². The number of ketones is 1. The Balaban J connectivity index is 1.59. The number of rotatable bonds is 7. The molecule has 0 radical (unpaired) electrons. The van der Waals surface area contributed by atoms with E-state index in [9.17, 15) is 18.4 Å². The summed E-state index contributed by atoms with van der Waals surface area (Å²) in [5.74, 6) is 0.367. The minimum absolute atomic E-state index is 0.00829. The Kier molecular flexibility index (Phi) is 7.79. The van der Waals surface area contributed by atoms with Crippen molar-refractivity contribution in [3.05, 3.63) is 64.1 Å².